The standard InChI is InChI=1S/C19H25N3O4S/c1-13-6-7-15(10-14(13)2)20-19(24)22(8-5-9-25-3)11-17-21-16(12-27-17)18(23)26-4/h6-7,10,12H,5,8-9,11H2,1-4H3,(H,20,24). The molecule has 0 radical (unpaired) electrons. The summed E-state index contributed by atoms with van der Waals surface area (Å²) in [4.78, 5) is 30.2. The minimum absolute atomic E-state index is 0.218. The highest BCUT2D eigenvalue weighted by Crippen LogP contribution is 2.17. The lowest BCUT2D eigenvalue weighted by molar-refractivity contribution is 0.0594. The van der Waals surface area contributed by atoms with E-state index in [-0.39, 0.29) is 11.7 Å². The van der Waals surface area contributed by atoms with E-state index in [1.165, 1.54) is 24.0 Å². The van der Waals surface area contributed by atoms with E-state index in [1.807, 2.05) is 32.0 Å². The van der Waals surface area contributed by atoms with Crippen LogP contribution in [0.4, 0.5) is 10.5 Å². The summed E-state index contributed by atoms with van der Waals surface area (Å²) in [5.74, 6) is -0.483. The molecule has 2 amide bonds. The van der Waals surface area contributed by atoms with Gasteiger partial charge in [-0.2, -0.15) is 0 Å². The number of thiazole rings is 1. The molecule has 1 aromatic heterocycles. The van der Waals surface area contributed by atoms with Crippen LogP contribution in [0.1, 0.15) is 33.0 Å². The van der Waals surface area contributed by atoms with Gasteiger partial charge in [-0.15, -0.1) is 11.3 Å². The molecule has 0 spiro atoms. The van der Waals surface area contributed by atoms with Crippen molar-refractivity contribution in [3.63, 3.8) is 0 Å². The molecule has 0 bridgehead atoms. The first-order chi connectivity index (χ1) is 12.9. The molecule has 2 aromatic rings. The number of carbonyl (C=O) groups is 2. The lowest BCUT2D eigenvalue weighted by Gasteiger charge is -2.22. The number of methoxy groups -OCH3 is 2. The summed E-state index contributed by atoms with van der Waals surface area (Å²) in [6.07, 6.45) is 0.700. The largest absolute Gasteiger partial charge is 0.464 e. The number of hydrogen-bond donors (Lipinski definition) is 1. The zero-order valence-electron chi connectivity index (χ0n) is 16.1. The van der Waals surface area contributed by atoms with Gasteiger partial charge in [-0.25, -0.2) is 14.6 Å². The first kappa shape index (κ1) is 20.9. The Morgan fingerprint density at radius 3 is 2.67 bits per heavy atom. The van der Waals surface area contributed by atoms with E-state index in [1.54, 1.807) is 17.4 Å². The fourth-order valence-electron chi connectivity index (χ4n) is 2.42. The second-order valence-corrected chi connectivity index (χ2v) is 7.06. The lowest BCUT2D eigenvalue weighted by atomic mass is 10.1. The van der Waals surface area contributed by atoms with E-state index in [0.717, 1.165) is 11.3 Å². The van der Waals surface area contributed by atoms with E-state index in [4.69, 9.17) is 4.74 Å². The highest BCUT2D eigenvalue weighted by molar-refractivity contribution is 7.09. The Bertz CT molecular complexity index is 791. The third-order valence-corrected chi connectivity index (χ3v) is 4.93. The van der Waals surface area contributed by atoms with Crippen molar-refractivity contribution in [2.24, 2.45) is 0 Å². The molecule has 0 saturated carbocycles. The van der Waals surface area contributed by atoms with Gasteiger partial charge in [0.2, 0.25) is 0 Å². The number of aromatic nitrogens is 1. The number of hydrogen-bond acceptors (Lipinski definition) is 6. The zero-order chi connectivity index (χ0) is 19.8. The summed E-state index contributed by atoms with van der Waals surface area (Å²) >= 11 is 1.32. The van der Waals surface area contributed by atoms with Crippen molar-refractivity contribution < 1.29 is 19.1 Å². The SMILES string of the molecule is COCCCN(Cc1nc(C(=O)OC)cs1)C(=O)Nc1ccc(C)c(C)c1. The van der Waals surface area contributed by atoms with Crippen LogP contribution in [0.15, 0.2) is 23.6 Å². The van der Waals surface area contributed by atoms with Crippen LogP contribution in [0, 0.1) is 13.8 Å². The van der Waals surface area contributed by atoms with Crippen LogP contribution in [0.2, 0.25) is 0 Å². The number of urea groups is 1. The fourth-order valence-corrected chi connectivity index (χ4v) is 3.20. The van der Waals surface area contributed by atoms with Gasteiger partial charge in [0.15, 0.2) is 5.69 Å². The maximum absolute atomic E-state index is 12.8. The number of rotatable bonds is 8. The van der Waals surface area contributed by atoms with Crippen LogP contribution in [0.5, 0.6) is 0 Å². The van der Waals surface area contributed by atoms with E-state index >= 15 is 0 Å². The van der Waals surface area contributed by atoms with E-state index < -0.39 is 5.97 Å². The van der Waals surface area contributed by atoms with Crippen molar-refractivity contribution in [2.45, 2.75) is 26.8 Å². The lowest BCUT2D eigenvalue weighted by Crippen LogP contribution is -2.35. The Labute approximate surface area is 163 Å². The molecule has 0 aliphatic heterocycles. The summed E-state index contributed by atoms with van der Waals surface area (Å²) in [7, 11) is 2.94. The predicted octanol–water partition coefficient (Wildman–Crippen LogP) is 3.62. The molecule has 7 nitrogen and oxygen atoms in total. The number of amides is 2. The van der Waals surface area contributed by atoms with Gasteiger partial charge in [-0.3, -0.25) is 0 Å². The molecule has 8 heteroatoms. The third-order valence-electron chi connectivity index (χ3n) is 4.09. The summed E-state index contributed by atoms with van der Waals surface area (Å²) in [6.45, 7) is 5.41. The van der Waals surface area contributed by atoms with Crippen LogP contribution >= 0.6 is 11.3 Å². The van der Waals surface area contributed by atoms with Crippen molar-refractivity contribution in [2.75, 3.05) is 32.7 Å². The summed E-state index contributed by atoms with van der Waals surface area (Å²) < 4.78 is 9.76. The van der Waals surface area contributed by atoms with Crippen LogP contribution in [-0.2, 0) is 16.0 Å². The highest BCUT2D eigenvalue weighted by Gasteiger charge is 2.18. The molecular weight excluding hydrogens is 366 g/mol. The number of anilines is 1. The molecule has 0 unspecified atom stereocenters. The average molecular weight is 391 g/mol. The number of ether oxygens (including phenoxy) is 2. The average Bonchev–Trinajstić information content (AvgIpc) is 3.12. The first-order valence-corrected chi connectivity index (χ1v) is 9.47. The molecular formula is C19H25N3O4S. The number of benzene rings is 1. The maximum Gasteiger partial charge on any atom is 0.357 e. The fraction of sp³-hybridized carbons (Fsp3) is 0.421. The number of aryl methyl sites for hydroxylation is 2. The van der Waals surface area contributed by atoms with Gasteiger partial charge in [0.05, 0.1) is 13.7 Å². The molecule has 0 fully saturated rings. The molecule has 0 aliphatic rings. The Morgan fingerprint density at radius 2 is 2.00 bits per heavy atom. The number of nitrogens with zero attached hydrogens (tertiary/aromatic N) is 2. The van der Waals surface area contributed by atoms with E-state index in [0.29, 0.717) is 31.1 Å². The molecule has 27 heavy (non-hydrogen) atoms. The van der Waals surface area contributed by atoms with Gasteiger partial charge < -0.3 is 19.7 Å². The van der Waals surface area contributed by atoms with Gasteiger partial charge in [-0.1, -0.05) is 6.07 Å². The van der Waals surface area contributed by atoms with Gasteiger partial charge in [-0.05, 0) is 43.5 Å². The predicted molar refractivity (Wildman–Crippen MR) is 105 cm³/mol. The Morgan fingerprint density at radius 1 is 1.22 bits per heavy atom. The smallest absolute Gasteiger partial charge is 0.357 e. The molecule has 0 saturated heterocycles. The van der Waals surface area contributed by atoms with Crippen molar-refractivity contribution in [3.05, 3.63) is 45.4 Å². The molecule has 1 N–H and O–H groups in total. The number of esters is 1. The monoisotopic (exact) mass is 391 g/mol. The number of nitrogens with one attached hydrogen (secondary N) is 1. The molecule has 0 atom stereocenters. The van der Waals surface area contributed by atoms with Gasteiger partial charge in [0.1, 0.15) is 5.01 Å². The minimum atomic E-state index is -0.483. The number of carbonyl (C=O) groups excluding carboxylic acids is 2. The quantitative estimate of drug-likeness (QED) is 0.549. The second kappa shape index (κ2) is 10.0. The van der Waals surface area contributed by atoms with Gasteiger partial charge in [0.25, 0.3) is 0 Å². The van der Waals surface area contributed by atoms with Crippen LogP contribution < -0.4 is 5.32 Å². The Balaban J connectivity index is 2.09. The highest BCUT2D eigenvalue weighted by atomic mass is 32.1. The van der Waals surface area contributed by atoms with Crippen molar-refractivity contribution in [1.29, 1.82) is 0 Å². The second-order valence-electron chi connectivity index (χ2n) is 6.12. The third kappa shape index (κ3) is 6.04. The Hall–Kier alpha value is -2.45. The van der Waals surface area contributed by atoms with Crippen LogP contribution in [0.25, 0.3) is 0 Å². The summed E-state index contributed by atoms with van der Waals surface area (Å²) in [6, 6.07) is 5.58. The molecule has 146 valence electrons. The van der Waals surface area contributed by atoms with Crippen molar-refractivity contribution >= 4 is 29.0 Å². The first-order valence-electron chi connectivity index (χ1n) is 8.59. The zero-order valence-corrected chi connectivity index (χ0v) is 16.9. The molecule has 1 heterocycles. The molecule has 1 aromatic carbocycles. The van der Waals surface area contributed by atoms with Crippen molar-refractivity contribution in [1.82, 2.24) is 9.88 Å². The van der Waals surface area contributed by atoms with Crippen LogP contribution in [0.3, 0.4) is 0 Å². The van der Waals surface area contributed by atoms with Crippen molar-refractivity contribution in [3.8, 4) is 0 Å². The molecule has 0 aliphatic carbocycles. The Kier molecular flexibility index (Phi) is 7.75. The van der Waals surface area contributed by atoms with Gasteiger partial charge in [0, 0.05) is 31.3 Å². The molecule has 2 rings (SSSR count). The summed E-state index contributed by atoms with van der Waals surface area (Å²) in [5, 5.41) is 5.23. The van der Waals surface area contributed by atoms with Gasteiger partial charge >= 0.3 is 12.0 Å². The normalized spacial score (nSPS) is 10.5. The maximum atomic E-state index is 12.8. The topological polar surface area (TPSA) is 80.8 Å². The van der Waals surface area contributed by atoms with E-state index in [2.05, 4.69) is 15.0 Å². The summed E-state index contributed by atoms with van der Waals surface area (Å²) in [5.41, 5.74) is 3.28. The van der Waals surface area contributed by atoms with E-state index in [9.17, 15) is 9.59 Å². The van der Waals surface area contributed by atoms with Crippen LogP contribution in [-0.4, -0.2) is 49.3 Å². The minimum Gasteiger partial charge on any atom is -0.464 e.